The summed E-state index contributed by atoms with van der Waals surface area (Å²) in [5, 5.41) is 3.47. The van der Waals surface area contributed by atoms with Gasteiger partial charge in [0.05, 0.1) is 12.2 Å². The molecule has 0 saturated carbocycles. The fourth-order valence-corrected chi connectivity index (χ4v) is 2.52. The van der Waals surface area contributed by atoms with Gasteiger partial charge in [-0.05, 0) is 40.5 Å². The maximum Gasteiger partial charge on any atom is 0.410 e. The van der Waals surface area contributed by atoms with E-state index in [1.807, 2.05) is 20.8 Å². The molecule has 5 nitrogen and oxygen atoms in total. The zero-order valence-electron chi connectivity index (χ0n) is 12.5. The van der Waals surface area contributed by atoms with Gasteiger partial charge in [-0.15, -0.1) is 0 Å². The molecule has 1 spiro atoms. The lowest BCUT2D eigenvalue weighted by Gasteiger charge is -2.45. The van der Waals surface area contributed by atoms with Crippen molar-refractivity contribution < 1.29 is 14.3 Å². The van der Waals surface area contributed by atoms with Crippen molar-refractivity contribution >= 4 is 6.09 Å². The van der Waals surface area contributed by atoms with Gasteiger partial charge in [-0.2, -0.15) is 0 Å². The second-order valence-corrected chi connectivity index (χ2v) is 6.74. The third-order valence-corrected chi connectivity index (χ3v) is 3.74. The molecule has 1 N–H and O–H groups in total. The van der Waals surface area contributed by atoms with Gasteiger partial charge < -0.3 is 19.7 Å². The molecular weight excluding hydrogens is 244 g/mol. The molecule has 0 radical (unpaired) electrons. The summed E-state index contributed by atoms with van der Waals surface area (Å²) in [6.45, 7) is 10.9. The Morgan fingerprint density at radius 2 is 2.00 bits per heavy atom. The van der Waals surface area contributed by atoms with E-state index in [0.29, 0.717) is 19.1 Å². The van der Waals surface area contributed by atoms with E-state index in [4.69, 9.17) is 9.47 Å². The monoisotopic (exact) mass is 270 g/mol. The van der Waals surface area contributed by atoms with Gasteiger partial charge in [0.1, 0.15) is 5.60 Å². The Labute approximate surface area is 115 Å². The maximum atomic E-state index is 12.0. The number of likely N-dealkylation sites (tertiary alicyclic amines) is 1. The van der Waals surface area contributed by atoms with Crippen LogP contribution >= 0.6 is 0 Å². The molecule has 2 rings (SSSR count). The fourth-order valence-electron chi connectivity index (χ4n) is 2.52. The molecule has 0 aromatic heterocycles. The smallest absolute Gasteiger partial charge is 0.410 e. The van der Waals surface area contributed by atoms with Crippen LogP contribution in [0.3, 0.4) is 0 Å². The summed E-state index contributed by atoms with van der Waals surface area (Å²) in [7, 11) is 0. The molecule has 2 saturated heterocycles. The van der Waals surface area contributed by atoms with Crippen LogP contribution in [-0.4, -0.2) is 54.5 Å². The largest absolute Gasteiger partial charge is 0.444 e. The Morgan fingerprint density at radius 1 is 1.37 bits per heavy atom. The summed E-state index contributed by atoms with van der Waals surface area (Å²) < 4.78 is 11.4. The van der Waals surface area contributed by atoms with E-state index in [1.165, 1.54) is 0 Å². The lowest BCUT2D eigenvalue weighted by molar-refractivity contribution is -0.111. The Morgan fingerprint density at radius 3 is 2.47 bits per heavy atom. The normalized spacial score (nSPS) is 27.4. The second kappa shape index (κ2) is 5.29. The van der Waals surface area contributed by atoms with Crippen molar-refractivity contribution in [3.05, 3.63) is 0 Å². The number of carbonyl (C=O) groups is 1. The van der Waals surface area contributed by atoms with Crippen molar-refractivity contribution in [2.75, 3.05) is 26.2 Å². The van der Waals surface area contributed by atoms with Crippen LogP contribution in [0, 0.1) is 0 Å². The topological polar surface area (TPSA) is 50.8 Å². The average molecular weight is 270 g/mol. The molecule has 0 aliphatic carbocycles. The Balaban J connectivity index is 1.84. The van der Waals surface area contributed by atoms with Gasteiger partial charge >= 0.3 is 6.09 Å². The molecule has 110 valence electrons. The van der Waals surface area contributed by atoms with Gasteiger partial charge in [-0.1, -0.05) is 0 Å². The Bertz CT molecular complexity index is 320. The highest BCUT2D eigenvalue weighted by atomic mass is 16.6. The van der Waals surface area contributed by atoms with Gasteiger partial charge in [0.15, 0.2) is 0 Å². The minimum Gasteiger partial charge on any atom is -0.444 e. The van der Waals surface area contributed by atoms with Gasteiger partial charge in [0.2, 0.25) is 0 Å². The molecule has 1 unspecified atom stereocenters. The van der Waals surface area contributed by atoms with E-state index in [2.05, 4.69) is 12.2 Å². The SMILES string of the molecule is CC1COC2(CCN(C(=O)OC(C)(C)C)CC2)CN1. The average Bonchev–Trinajstić information content (AvgIpc) is 2.32. The first-order chi connectivity index (χ1) is 8.80. The van der Waals surface area contributed by atoms with Crippen LogP contribution in [0.2, 0.25) is 0 Å². The lowest BCUT2D eigenvalue weighted by atomic mass is 9.89. The number of morpholine rings is 1. The minimum atomic E-state index is -0.426. The van der Waals surface area contributed by atoms with Gasteiger partial charge in [0, 0.05) is 25.7 Å². The van der Waals surface area contributed by atoms with Crippen molar-refractivity contribution in [1.29, 1.82) is 0 Å². The minimum absolute atomic E-state index is 0.0784. The van der Waals surface area contributed by atoms with Crippen molar-refractivity contribution in [1.82, 2.24) is 10.2 Å². The van der Waals surface area contributed by atoms with Gasteiger partial charge in [-0.3, -0.25) is 0 Å². The van der Waals surface area contributed by atoms with Crippen LogP contribution < -0.4 is 5.32 Å². The zero-order chi connectivity index (χ0) is 14.1. The number of nitrogens with zero attached hydrogens (tertiary/aromatic N) is 1. The van der Waals surface area contributed by atoms with Crippen LogP contribution in [0.4, 0.5) is 4.79 Å². The number of rotatable bonds is 0. The summed E-state index contributed by atoms with van der Waals surface area (Å²) in [6.07, 6.45) is 1.55. The first kappa shape index (κ1) is 14.6. The molecule has 5 heteroatoms. The fraction of sp³-hybridized carbons (Fsp3) is 0.929. The molecule has 2 fully saturated rings. The van der Waals surface area contributed by atoms with E-state index >= 15 is 0 Å². The number of carbonyl (C=O) groups excluding carboxylic acids is 1. The first-order valence-electron chi connectivity index (χ1n) is 7.15. The van der Waals surface area contributed by atoms with Gasteiger partial charge in [0.25, 0.3) is 0 Å². The first-order valence-corrected chi connectivity index (χ1v) is 7.15. The van der Waals surface area contributed by atoms with Crippen LogP contribution in [-0.2, 0) is 9.47 Å². The molecule has 2 heterocycles. The van der Waals surface area contributed by atoms with Crippen LogP contribution in [0.5, 0.6) is 0 Å². The second-order valence-electron chi connectivity index (χ2n) is 6.74. The summed E-state index contributed by atoms with van der Waals surface area (Å²) in [4.78, 5) is 13.8. The molecule has 0 bridgehead atoms. The molecule has 0 aromatic rings. The van der Waals surface area contributed by atoms with Crippen molar-refractivity contribution in [2.24, 2.45) is 0 Å². The molecular formula is C14H26N2O3. The van der Waals surface area contributed by atoms with Crippen molar-refractivity contribution in [2.45, 2.75) is 57.8 Å². The summed E-state index contributed by atoms with van der Waals surface area (Å²) in [5.74, 6) is 0. The van der Waals surface area contributed by atoms with Crippen LogP contribution in [0.1, 0.15) is 40.5 Å². The van der Waals surface area contributed by atoms with E-state index in [0.717, 1.165) is 26.0 Å². The van der Waals surface area contributed by atoms with E-state index in [-0.39, 0.29) is 11.7 Å². The molecule has 0 aromatic carbocycles. The third kappa shape index (κ3) is 3.83. The maximum absolute atomic E-state index is 12.0. The predicted octanol–water partition coefficient (Wildman–Crippen LogP) is 1.76. The molecule has 2 aliphatic rings. The predicted molar refractivity (Wildman–Crippen MR) is 73.2 cm³/mol. The Kier molecular flexibility index (Phi) is 4.06. The number of nitrogens with one attached hydrogen (secondary N) is 1. The number of hydrogen-bond donors (Lipinski definition) is 1. The summed E-state index contributed by atoms with van der Waals surface area (Å²) in [5.41, 5.74) is -0.504. The molecule has 1 atom stereocenters. The number of piperidine rings is 1. The van der Waals surface area contributed by atoms with E-state index < -0.39 is 5.60 Å². The quantitative estimate of drug-likeness (QED) is 0.729. The highest BCUT2D eigenvalue weighted by Gasteiger charge is 2.40. The summed E-state index contributed by atoms with van der Waals surface area (Å²) >= 11 is 0. The van der Waals surface area contributed by atoms with Crippen LogP contribution in [0.15, 0.2) is 0 Å². The van der Waals surface area contributed by atoms with E-state index in [1.54, 1.807) is 4.90 Å². The third-order valence-electron chi connectivity index (χ3n) is 3.74. The molecule has 1 amide bonds. The number of ether oxygens (including phenoxy) is 2. The van der Waals surface area contributed by atoms with Crippen LogP contribution in [0.25, 0.3) is 0 Å². The Hall–Kier alpha value is -0.810. The van der Waals surface area contributed by atoms with Crippen molar-refractivity contribution in [3.63, 3.8) is 0 Å². The number of amides is 1. The lowest BCUT2D eigenvalue weighted by Crippen LogP contribution is -2.58. The highest BCUT2D eigenvalue weighted by Crippen LogP contribution is 2.29. The molecule has 19 heavy (non-hydrogen) atoms. The van der Waals surface area contributed by atoms with Gasteiger partial charge in [-0.25, -0.2) is 4.79 Å². The van der Waals surface area contributed by atoms with E-state index in [9.17, 15) is 4.79 Å². The highest BCUT2D eigenvalue weighted by molar-refractivity contribution is 5.68. The standard InChI is InChI=1S/C14H26N2O3/c1-11-9-18-14(10-15-11)5-7-16(8-6-14)12(17)19-13(2,3)4/h11,15H,5-10H2,1-4H3. The van der Waals surface area contributed by atoms with Crippen molar-refractivity contribution in [3.8, 4) is 0 Å². The summed E-state index contributed by atoms with van der Waals surface area (Å²) in [6, 6.07) is 0.425. The molecule has 2 aliphatic heterocycles. The zero-order valence-corrected chi connectivity index (χ0v) is 12.5. The number of hydrogen-bond acceptors (Lipinski definition) is 4.